The van der Waals surface area contributed by atoms with Crippen LogP contribution in [0.15, 0.2) is 84.2 Å². The quantitative estimate of drug-likeness (QED) is 0.541. The summed E-state index contributed by atoms with van der Waals surface area (Å²) in [7, 11) is -4.08. The molecule has 0 amide bonds. The summed E-state index contributed by atoms with van der Waals surface area (Å²) in [5.41, 5.74) is 1.58. The van der Waals surface area contributed by atoms with Gasteiger partial charge in [-0.05, 0) is 28.8 Å². The first-order valence-corrected chi connectivity index (χ1v) is 12.0. The minimum Gasteiger partial charge on any atom is -0.370 e. The van der Waals surface area contributed by atoms with Crippen molar-refractivity contribution >= 4 is 15.4 Å². The van der Waals surface area contributed by atoms with Crippen molar-refractivity contribution in [2.24, 2.45) is 0 Å². The molecule has 2 aromatic carbocycles. The van der Waals surface area contributed by atoms with E-state index in [0.717, 1.165) is 22.9 Å². The van der Waals surface area contributed by atoms with Gasteiger partial charge in [0.2, 0.25) is 15.0 Å². The normalized spacial score (nSPS) is 16.4. The fraction of sp³-hybridized carbons (Fsp3) is 0.167. The number of aliphatic hydroxyl groups is 1. The summed E-state index contributed by atoms with van der Waals surface area (Å²) >= 11 is 0. The van der Waals surface area contributed by atoms with Gasteiger partial charge in [0.1, 0.15) is 11.9 Å². The maximum atomic E-state index is 13.3. The summed E-state index contributed by atoms with van der Waals surface area (Å²) in [4.78, 5) is 8.51. The van der Waals surface area contributed by atoms with Crippen LogP contribution < -0.4 is 0 Å². The molecule has 1 aliphatic heterocycles. The zero-order valence-electron chi connectivity index (χ0n) is 17.9. The van der Waals surface area contributed by atoms with Crippen molar-refractivity contribution in [1.29, 1.82) is 0 Å². The number of benzene rings is 2. The van der Waals surface area contributed by atoms with Crippen LogP contribution in [0.5, 0.6) is 0 Å². The van der Waals surface area contributed by atoms with Gasteiger partial charge in [0.15, 0.2) is 0 Å². The third-order valence-corrected chi connectivity index (χ3v) is 5.99. The molecule has 6 nitrogen and oxygen atoms in total. The van der Waals surface area contributed by atoms with E-state index in [-0.39, 0.29) is 17.8 Å². The highest BCUT2D eigenvalue weighted by molar-refractivity contribution is 7.90. The number of sulfone groups is 1. The molecule has 2 heterocycles. The summed E-state index contributed by atoms with van der Waals surface area (Å²) in [6, 6.07) is 18.2. The van der Waals surface area contributed by atoms with E-state index in [1.54, 1.807) is 0 Å². The number of alkyl halides is 3. The number of nitrogens with zero attached hydrogens (tertiary/aromatic N) is 3. The fourth-order valence-corrected chi connectivity index (χ4v) is 3.95. The Kier molecular flexibility index (Phi) is 6.28. The average molecular weight is 488 g/mol. The second-order valence-electron chi connectivity index (χ2n) is 7.78. The maximum Gasteiger partial charge on any atom is 0.433 e. The Morgan fingerprint density at radius 1 is 1.00 bits per heavy atom. The predicted molar refractivity (Wildman–Crippen MR) is 121 cm³/mol. The van der Waals surface area contributed by atoms with Gasteiger partial charge in [-0.25, -0.2) is 18.4 Å². The van der Waals surface area contributed by atoms with E-state index < -0.39 is 33.1 Å². The SMILES string of the molecule is CS(=O)(=O)c1nc(C2=CN(Cc3ccc(-c4ccccc4)cc3)C(O)C=C2)cc(C(F)(F)F)n1. The average Bonchev–Trinajstić information content (AvgIpc) is 2.80. The lowest BCUT2D eigenvalue weighted by atomic mass is 10.0. The standard InChI is InChI=1S/C24H20F3N3O3S/c1-34(32,33)23-28-20(13-21(29-23)24(25,26)27)19-11-12-22(31)30(15-19)14-16-7-9-18(10-8-16)17-5-3-2-4-6-17/h2-13,15,22,31H,14H2,1H3. The van der Waals surface area contributed by atoms with E-state index in [0.29, 0.717) is 6.07 Å². The summed E-state index contributed by atoms with van der Waals surface area (Å²) in [5.74, 6) is 0. The van der Waals surface area contributed by atoms with Gasteiger partial charge in [0.05, 0.1) is 5.69 Å². The molecule has 1 aromatic heterocycles. The highest BCUT2D eigenvalue weighted by Crippen LogP contribution is 2.31. The van der Waals surface area contributed by atoms with Crippen molar-refractivity contribution in [3.63, 3.8) is 0 Å². The molecule has 34 heavy (non-hydrogen) atoms. The zero-order chi connectivity index (χ0) is 24.5. The van der Waals surface area contributed by atoms with Crippen molar-refractivity contribution in [1.82, 2.24) is 14.9 Å². The Hall–Kier alpha value is -3.50. The largest absolute Gasteiger partial charge is 0.433 e. The maximum absolute atomic E-state index is 13.3. The van der Waals surface area contributed by atoms with Crippen molar-refractivity contribution < 1.29 is 26.7 Å². The van der Waals surface area contributed by atoms with Gasteiger partial charge in [-0.15, -0.1) is 0 Å². The predicted octanol–water partition coefficient (Wildman–Crippen LogP) is 4.30. The van der Waals surface area contributed by atoms with Crippen LogP contribution in [-0.2, 0) is 22.6 Å². The number of allylic oxidation sites excluding steroid dienone is 2. The lowest BCUT2D eigenvalue weighted by Gasteiger charge is -2.28. The summed E-state index contributed by atoms with van der Waals surface area (Å²) < 4.78 is 63.6. The molecule has 3 aromatic rings. The highest BCUT2D eigenvalue weighted by Gasteiger charge is 2.35. The molecular formula is C24H20F3N3O3S. The highest BCUT2D eigenvalue weighted by atomic mass is 32.2. The van der Waals surface area contributed by atoms with Crippen LogP contribution in [0.3, 0.4) is 0 Å². The molecule has 0 spiro atoms. The summed E-state index contributed by atoms with van der Waals surface area (Å²) in [6.45, 7) is 0.264. The minimum atomic E-state index is -4.85. The van der Waals surface area contributed by atoms with Crippen LogP contribution >= 0.6 is 0 Å². The number of rotatable bonds is 5. The summed E-state index contributed by atoms with van der Waals surface area (Å²) in [5, 5.41) is 9.47. The first-order chi connectivity index (χ1) is 16.0. The van der Waals surface area contributed by atoms with Crippen LogP contribution in [0.1, 0.15) is 17.0 Å². The lowest BCUT2D eigenvalue weighted by Crippen LogP contribution is -2.30. The van der Waals surface area contributed by atoms with Gasteiger partial charge in [0, 0.05) is 24.6 Å². The fourth-order valence-electron chi connectivity index (χ4n) is 3.42. The third kappa shape index (κ3) is 5.35. The number of aromatic nitrogens is 2. The molecule has 4 rings (SSSR count). The van der Waals surface area contributed by atoms with Crippen molar-refractivity contribution in [2.75, 3.05) is 6.26 Å². The van der Waals surface area contributed by atoms with E-state index in [2.05, 4.69) is 9.97 Å². The van der Waals surface area contributed by atoms with Gasteiger partial charge < -0.3 is 10.0 Å². The molecule has 176 valence electrons. The Balaban J connectivity index is 1.64. The van der Waals surface area contributed by atoms with Crippen LogP contribution in [0.4, 0.5) is 13.2 Å². The van der Waals surface area contributed by atoms with E-state index >= 15 is 0 Å². The third-order valence-electron chi connectivity index (χ3n) is 5.14. The number of hydrogen-bond donors (Lipinski definition) is 1. The van der Waals surface area contributed by atoms with Crippen LogP contribution in [0.2, 0.25) is 0 Å². The van der Waals surface area contributed by atoms with Gasteiger partial charge in [0.25, 0.3) is 0 Å². The Morgan fingerprint density at radius 3 is 2.26 bits per heavy atom. The van der Waals surface area contributed by atoms with Crippen molar-refractivity contribution in [3.8, 4) is 11.1 Å². The molecule has 1 N–H and O–H groups in total. The topological polar surface area (TPSA) is 83.4 Å². The van der Waals surface area contributed by atoms with Crippen LogP contribution in [0, 0.1) is 0 Å². The first kappa shape index (κ1) is 23.7. The van der Waals surface area contributed by atoms with Gasteiger partial charge in [-0.3, -0.25) is 0 Å². The van der Waals surface area contributed by atoms with Gasteiger partial charge in [-0.1, -0.05) is 60.7 Å². The van der Waals surface area contributed by atoms with Crippen LogP contribution in [0.25, 0.3) is 16.7 Å². The Morgan fingerprint density at radius 2 is 1.65 bits per heavy atom. The molecule has 1 atom stereocenters. The number of halogens is 3. The second kappa shape index (κ2) is 9.03. The molecule has 10 heteroatoms. The lowest BCUT2D eigenvalue weighted by molar-refractivity contribution is -0.141. The van der Waals surface area contributed by atoms with Crippen molar-refractivity contribution in [2.45, 2.75) is 24.1 Å². The molecule has 0 saturated carbocycles. The zero-order valence-corrected chi connectivity index (χ0v) is 18.8. The molecular weight excluding hydrogens is 467 g/mol. The minimum absolute atomic E-state index is 0.212. The van der Waals surface area contributed by atoms with E-state index in [9.17, 15) is 26.7 Å². The smallest absolute Gasteiger partial charge is 0.370 e. The van der Waals surface area contributed by atoms with Crippen molar-refractivity contribution in [3.05, 3.63) is 96.0 Å². The molecule has 0 aliphatic carbocycles. The molecule has 0 radical (unpaired) electrons. The first-order valence-electron chi connectivity index (χ1n) is 10.2. The number of aliphatic hydroxyl groups excluding tert-OH is 1. The molecule has 0 bridgehead atoms. The number of hydrogen-bond acceptors (Lipinski definition) is 6. The molecule has 0 saturated heterocycles. The monoisotopic (exact) mass is 487 g/mol. The van der Waals surface area contributed by atoms with E-state index in [4.69, 9.17) is 0 Å². The van der Waals surface area contributed by atoms with Crippen LogP contribution in [-0.4, -0.2) is 40.9 Å². The molecule has 0 fully saturated rings. The molecule has 1 aliphatic rings. The second-order valence-corrected chi connectivity index (χ2v) is 9.69. The Bertz CT molecular complexity index is 1350. The summed E-state index contributed by atoms with van der Waals surface area (Å²) in [6.07, 6.45) is -0.889. The molecule has 1 unspecified atom stereocenters. The van der Waals surface area contributed by atoms with Gasteiger partial charge >= 0.3 is 6.18 Å². The Labute approximate surface area is 194 Å². The van der Waals surface area contributed by atoms with E-state index in [1.807, 2.05) is 54.6 Å². The van der Waals surface area contributed by atoms with E-state index in [1.165, 1.54) is 23.3 Å². The van der Waals surface area contributed by atoms with Gasteiger partial charge in [-0.2, -0.15) is 13.2 Å².